The van der Waals surface area contributed by atoms with Crippen LogP contribution in [0.4, 0.5) is 0 Å². The van der Waals surface area contributed by atoms with E-state index in [-0.39, 0.29) is 17.9 Å². The lowest BCUT2D eigenvalue weighted by Gasteiger charge is -2.26. The van der Waals surface area contributed by atoms with E-state index in [9.17, 15) is 4.79 Å². The molecular formula is C16H21N3OS. The van der Waals surface area contributed by atoms with Crippen LogP contribution >= 0.6 is 11.3 Å². The van der Waals surface area contributed by atoms with Gasteiger partial charge in [-0.3, -0.25) is 4.79 Å². The number of hydrogen-bond acceptors (Lipinski definition) is 3. The number of nitrogens with zero attached hydrogens (tertiary/aromatic N) is 2. The van der Waals surface area contributed by atoms with Gasteiger partial charge in [-0.15, -0.1) is 11.3 Å². The van der Waals surface area contributed by atoms with E-state index in [4.69, 9.17) is 0 Å². The molecule has 1 aliphatic heterocycles. The summed E-state index contributed by atoms with van der Waals surface area (Å²) in [5.74, 6) is 1.33. The smallest absolute Gasteiger partial charge is 0.223 e. The van der Waals surface area contributed by atoms with Crippen LogP contribution in [0.2, 0.25) is 0 Å². The lowest BCUT2D eigenvalue weighted by atomic mass is 10.0. The van der Waals surface area contributed by atoms with E-state index in [1.54, 1.807) is 11.3 Å². The van der Waals surface area contributed by atoms with Crippen LogP contribution in [-0.4, -0.2) is 21.5 Å². The summed E-state index contributed by atoms with van der Waals surface area (Å²) in [4.78, 5) is 18.1. The average molecular weight is 303 g/mol. The highest BCUT2D eigenvalue weighted by molar-refractivity contribution is 7.09. The predicted octanol–water partition coefficient (Wildman–Crippen LogP) is 2.56. The number of amides is 1. The van der Waals surface area contributed by atoms with Gasteiger partial charge in [0, 0.05) is 36.0 Å². The van der Waals surface area contributed by atoms with Gasteiger partial charge in [-0.2, -0.15) is 0 Å². The molecule has 3 rings (SSSR count). The number of imidazole rings is 1. The van der Waals surface area contributed by atoms with E-state index >= 15 is 0 Å². The molecule has 21 heavy (non-hydrogen) atoms. The highest BCUT2D eigenvalue weighted by atomic mass is 32.1. The van der Waals surface area contributed by atoms with Crippen LogP contribution in [0.5, 0.6) is 0 Å². The van der Waals surface area contributed by atoms with E-state index < -0.39 is 0 Å². The Morgan fingerprint density at radius 3 is 3.24 bits per heavy atom. The van der Waals surface area contributed by atoms with Gasteiger partial charge in [0.05, 0.1) is 5.69 Å². The average Bonchev–Trinajstić information content (AvgIpc) is 3.06. The van der Waals surface area contributed by atoms with Crippen molar-refractivity contribution in [3.63, 3.8) is 0 Å². The molecule has 0 fully saturated rings. The Labute approximate surface area is 129 Å². The second-order valence-corrected chi connectivity index (χ2v) is 6.91. The SMILES string of the molecule is Cc1cn2c(n1)CC[C@H](NC(=O)[C@H](C)Cc1cccs1)C2. The molecule has 5 heteroatoms. The van der Waals surface area contributed by atoms with Gasteiger partial charge >= 0.3 is 0 Å². The quantitative estimate of drug-likeness (QED) is 0.943. The monoisotopic (exact) mass is 303 g/mol. The van der Waals surface area contributed by atoms with Gasteiger partial charge in [0.25, 0.3) is 0 Å². The second-order valence-electron chi connectivity index (χ2n) is 5.88. The lowest BCUT2D eigenvalue weighted by molar-refractivity contribution is -0.125. The summed E-state index contributed by atoms with van der Waals surface area (Å²) < 4.78 is 2.17. The van der Waals surface area contributed by atoms with Crippen molar-refractivity contribution in [1.82, 2.24) is 14.9 Å². The molecule has 0 aromatic carbocycles. The van der Waals surface area contributed by atoms with Gasteiger partial charge in [0.2, 0.25) is 5.91 Å². The first-order chi connectivity index (χ1) is 10.1. The number of hydrogen-bond donors (Lipinski definition) is 1. The molecule has 2 atom stereocenters. The van der Waals surface area contributed by atoms with E-state index in [1.165, 1.54) is 4.88 Å². The lowest BCUT2D eigenvalue weighted by Crippen LogP contribution is -2.43. The number of thiophene rings is 1. The number of fused-ring (bicyclic) bond motifs is 1. The highest BCUT2D eigenvalue weighted by Gasteiger charge is 2.23. The van der Waals surface area contributed by atoms with Gasteiger partial charge in [0.15, 0.2) is 0 Å². The third kappa shape index (κ3) is 3.35. The number of carbonyl (C=O) groups is 1. The number of nitrogens with one attached hydrogen (secondary N) is 1. The number of aromatic nitrogens is 2. The topological polar surface area (TPSA) is 46.9 Å². The molecule has 0 spiro atoms. The summed E-state index contributed by atoms with van der Waals surface area (Å²) in [5, 5.41) is 5.26. The van der Waals surface area contributed by atoms with Crippen LogP contribution in [0.25, 0.3) is 0 Å². The minimum absolute atomic E-state index is 0.0228. The zero-order valence-electron chi connectivity index (χ0n) is 12.5. The molecule has 0 saturated heterocycles. The van der Waals surface area contributed by atoms with Crippen molar-refractivity contribution in [3.8, 4) is 0 Å². The van der Waals surface area contributed by atoms with Crippen LogP contribution < -0.4 is 5.32 Å². The molecule has 1 amide bonds. The zero-order chi connectivity index (χ0) is 14.8. The third-order valence-electron chi connectivity index (χ3n) is 3.99. The molecule has 1 aliphatic rings. The van der Waals surface area contributed by atoms with E-state index in [0.717, 1.165) is 37.3 Å². The van der Waals surface area contributed by atoms with E-state index in [1.807, 2.05) is 19.9 Å². The highest BCUT2D eigenvalue weighted by Crippen LogP contribution is 2.17. The number of aryl methyl sites for hydroxylation is 2. The molecule has 0 unspecified atom stereocenters. The van der Waals surface area contributed by atoms with Gasteiger partial charge in [-0.25, -0.2) is 4.98 Å². The first kappa shape index (κ1) is 14.3. The minimum atomic E-state index is 0.0228. The Morgan fingerprint density at radius 1 is 1.62 bits per heavy atom. The van der Waals surface area contributed by atoms with Crippen molar-refractivity contribution in [1.29, 1.82) is 0 Å². The Bertz CT molecular complexity index is 618. The van der Waals surface area contributed by atoms with Crippen molar-refractivity contribution in [2.75, 3.05) is 0 Å². The third-order valence-corrected chi connectivity index (χ3v) is 4.89. The van der Waals surface area contributed by atoms with Crippen molar-refractivity contribution in [2.24, 2.45) is 5.92 Å². The van der Waals surface area contributed by atoms with Crippen LogP contribution in [-0.2, 0) is 24.2 Å². The summed E-state index contributed by atoms with van der Waals surface area (Å²) in [7, 11) is 0. The van der Waals surface area contributed by atoms with Gasteiger partial charge in [-0.1, -0.05) is 13.0 Å². The summed E-state index contributed by atoms with van der Waals surface area (Å²) in [6, 6.07) is 4.36. The van der Waals surface area contributed by atoms with Gasteiger partial charge < -0.3 is 9.88 Å². The first-order valence-electron chi connectivity index (χ1n) is 7.47. The zero-order valence-corrected chi connectivity index (χ0v) is 13.3. The molecular weight excluding hydrogens is 282 g/mol. The normalized spacial score (nSPS) is 19.0. The van der Waals surface area contributed by atoms with Gasteiger partial charge in [-0.05, 0) is 31.2 Å². The van der Waals surface area contributed by atoms with Crippen LogP contribution in [0.1, 0.15) is 29.7 Å². The maximum atomic E-state index is 12.3. The van der Waals surface area contributed by atoms with Crippen molar-refractivity contribution in [2.45, 2.75) is 45.7 Å². The largest absolute Gasteiger partial charge is 0.351 e. The summed E-state index contributed by atoms with van der Waals surface area (Å²) in [6.45, 7) is 4.86. The summed E-state index contributed by atoms with van der Waals surface area (Å²) in [5.41, 5.74) is 1.06. The molecule has 3 heterocycles. The maximum Gasteiger partial charge on any atom is 0.223 e. The number of carbonyl (C=O) groups excluding carboxylic acids is 1. The maximum absolute atomic E-state index is 12.3. The van der Waals surface area contributed by atoms with Crippen molar-refractivity contribution < 1.29 is 4.79 Å². The fourth-order valence-electron chi connectivity index (χ4n) is 2.87. The van der Waals surface area contributed by atoms with E-state index in [0.29, 0.717) is 0 Å². The molecule has 2 aromatic heterocycles. The minimum Gasteiger partial charge on any atom is -0.351 e. The summed E-state index contributed by atoms with van der Waals surface area (Å²) >= 11 is 1.72. The molecule has 0 bridgehead atoms. The Hall–Kier alpha value is -1.62. The first-order valence-corrected chi connectivity index (χ1v) is 8.35. The molecule has 1 N–H and O–H groups in total. The fraction of sp³-hybridized carbons (Fsp3) is 0.500. The van der Waals surface area contributed by atoms with Crippen molar-refractivity contribution >= 4 is 17.2 Å². The molecule has 0 aliphatic carbocycles. The Kier molecular flexibility index (Phi) is 4.10. The Balaban J connectivity index is 1.56. The van der Waals surface area contributed by atoms with Crippen molar-refractivity contribution in [3.05, 3.63) is 40.1 Å². The van der Waals surface area contributed by atoms with E-state index in [2.05, 4.69) is 32.5 Å². The second kappa shape index (κ2) is 6.02. The standard InChI is InChI=1S/C16H21N3OS/c1-11(8-14-4-3-7-21-14)16(20)18-13-5-6-15-17-12(2)9-19(15)10-13/h3-4,7,9,11,13H,5-6,8,10H2,1-2H3,(H,18,20)/t11-,13+/m1/s1. The predicted molar refractivity (Wildman–Crippen MR) is 84.4 cm³/mol. The number of rotatable bonds is 4. The molecule has 0 radical (unpaired) electrons. The van der Waals surface area contributed by atoms with Gasteiger partial charge in [0.1, 0.15) is 5.82 Å². The molecule has 0 saturated carbocycles. The molecule has 112 valence electrons. The van der Waals surface area contributed by atoms with Crippen LogP contribution in [0, 0.1) is 12.8 Å². The van der Waals surface area contributed by atoms with Crippen LogP contribution in [0.3, 0.4) is 0 Å². The fourth-order valence-corrected chi connectivity index (χ4v) is 3.71. The summed E-state index contributed by atoms with van der Waals surface area (Å²) in [6.07, 6.45) is 4.82. The Morgan fingerprint density at radius 2 is 2.48 bits per heavy atom. The molecule has 2 aromatic rings. The molecule has 4 nitrogen and oxygen atoms in total. The van der Waals surface area contributed by atoms with Crippen LogP contribution in [0.15, 0.2) is 23.7 Å².